The maximum atomic E-state index is 12.2. The largest absolute Gasteiger partial charge is 0.493 e. The van der Waals surface area contributed by atoms with Crippen LogP contribution in [-0.2, 0) is 9.53 Å². The Kier molecular flexibility index (Phi) is 9.64. The Bertz CT molecular complexity index is 589. The Balaban J connectivity index is 2.50. The van der Waals surface area contributed by atoms with Crippen molar-refractivity contribution in [2.24, 2.45) is 11.8 Å². The average Bonchev–Trinajstić information content (AvgIpc) is 2.57. The summed E-state index contributed by atoms with van der Waals surface area (Å²) in [5, 5.41) is 10.3. The monoisotopic (exact) mass is 360 g/mol. The number of ether oxygens (including phenoxy) is 1. The van der Waals surface area contributed by atoms with E-state index >= 15 is 0 Å². The van der Waals surface area contributed by atoms with Crippen LogP contribution in [0.1, 0.15) is 66.7 Å². The minimum absolute atomic E-state index is 0.0104. The Morgan fingerprint density at radius 1 is 1.08 bits per heavy atom. The number of aliphatic hydroxyl groups is 1. The van der Waals surface area contributed by atoms with E-state index in [9.17, 15) is 9.90 Å². The van der Waals surface area contributed by atoms with E-state index in [1.165, 1.54) is 23.8 Å². The molecule has 0 amide bonds. The number of allylic oxidation sites excluding steroid dienone is 7. The van der Waals surface area contributed by atoms with Crippen LogP contribution in [0.2, 0.25) is 0 Å². The molecule has 3 heteroatoms. The predicted molar refractivity (Wildman–Crippen MR) is 109 cm³/mol. The van der Waals surface area contributed by atoms with Crippen LogP contribution in [0.15, 0.2) is 46.8 Å². The van der Waals surface area contributed by atoms with E-state index in [1.807, 2.05) is 6.92 Å². The molecule has 0 aromatic carbocycles. The standard InChI is InChI=1S/C23H36O3/c1-16(2)9-7-10-17(3)11-8-12-18(4)13-14-20-19(5)23(25)22(26-6)15-21(20)24/h9,11,13,15,19-21,24H,7-8,10,12,14H2,1-6H3/b17-11+,18-13+. The van der Waals surface area contributed by atoms with Crippen LogP contribution in [0.5, 0.6) is 0 Å². The molecule has 1 rings (SSSR count). The molecular formula is C23H36O3. The third-order valence-electron chi connectivity index (χ3n) is 5.14. The predicted octanol–water partition coefficient (Wildman–Crippen LogP) is 5.52. The van der Waals surface area contributed by atoms with Crippen LogP contribution in [0.4, 0.5) is 0 Å². The number of hydrogen-bond acceptors (Lipinski definition) is 3. The molecule has 3 nitrogen and oxygen atoms in total. The fourth-order valence-corrected chi connectivity index (χ4v) is 3.26. The number of ketones is 1. The van der Waals surface area contributed by atoms with Gasteiger partial charge in [0.05, 0.1) is 13.2 Å². The van der Waals surface area contributed by atoms with Crippen molar-refractivity contribution < 1.29 is 14.6 Å². The quantitative estimate of drug-likeness (QED) is 0.551. The van der Waals surface area contributed by atoms with Crippen molar-refractivity contribution in [3.63, 3.8) is 0 Å². The van der Waals surface area contributed by atoms with Gasteiger partial charge in [-0.15, -0.1) is 0 Å². The Hall–Kier alpha value is -1.61. The van der Waals surface area contributed by atoms with E-state index in [2.05, 4.69) is 45.9 Å². The van der Waals surface area contributed by atoms with Crippen molar-refractivity contribution in [1.29, 1.82) is 0 Å². The second-order valence-corrected chi connectivity index (χ2v) is 7.74. The topological polar surface area (TPSA) is 46.5 Å². The van der Waals surface area contributed by atoms with E-state index in [0.29, 0.717) is 0 Å². The third-order valence-corrected chi connectivity index (χ3v) is 5.14. The molecule has 0 aromatic rings. The van der Waals surface area contributed by atoms with Crippen LogP contribution in [0, 0.1) is 11.8 Å². The second-order valence-electron chi connectivity index (χ2n) is 7.74. The Labute approximate surface area is 159 Å². The molecule has 146 valence electrons. The first-order chi connectivity index (χ1) is 12.3. The van der Waals surface area contributed by atoms with Gasteiger partial charge in [0, 0.05) is 11.8 Å². The zero-order valence-corrected chi connectivity index (χ0v) is 17.3. The van der Waals surface area contributed by atoms with Gasteiger partial charge in [-0.25, -0.2) is 0 Å². The summed E-state index contributed by atoms with van der Waals surface area (Å²) in [6, 6.07) is 0. The molecule has 0 saturated heterocycles. The zero-order valence-electron chi connectivity index (χ0n) is 17.3. The van der Waals surface area contributed by atoms with Gasteiger partial charge in [-0.1, -0.05) is 41.9 Å². The summed E-state index contributed by atoms with van der Waals surface area (Å²) in [6.45, 7) is 10.5. The summed E-state index contributed by atoms with van der Waals surface area (Å²) in [6.07, 6.45) is 12.7. The normalized spacial score (nSPS) is 24.3. The van der Waals surface area contributed by atoms with Gasteiger partial charge in [0.1, 0.15) is 0 Å². The SMILES string of the molecule is COC1=CC(O)C(C/C=C(\C)CC/C=C(\C)CCC=C(C)C)C(C)C1=O. The van der Waals surface area contributed by atoms with Crippen molar-refractivity contribution in [2.75, 3.05) is 7.11 Å². The van der Waals surface area contributed by atoms with Gasteiger partial charge in [0.25, 0.3) is 0 Å². The van der Waals surface area contributed by atoms with Gasteiger partial charge in [-0.05, 0) is 65.9 Å². The molecule has 0 spiro atoms. The minimum Gasteiger partial charge on any atom is -0.493 e. The van der Waals surface area contributed by atoms with Crippen molar-refractivity contribution in [3.8, 4) is 0 Å². The lowest BCUT2D eigenvalue weighted by atomic mass is 9.78. The molecule has 1 N–H and O–H groups in total. The number of Topliss-reactive ketones (excluding diaryl/α,β-unsaturated/α-hetero) is 1. The molecular weight excluding hydrogens is 324 g/mol. The van der Waals surface area contributed by atoms with E-state index in [1.54, 1.807) is 6.08 Å². The van der Waals surface area contributed by atoms with E-state index in [-0.39, 0.29) is 23.4 Å². The number of aliphatic hydroxyl groups excluding tert-OH is 1. The first-order valence-corrected chi connectivity index (χ1v) is 9.69. The molecule has 0 aromatic heterocycles. The van der Waals surface area contributed by atoms with Gasteiger partial charge in [0.15, 0.2) is 11.5 Å². The average molecular weight is 361 g/mol. The van der Waals surface area contributed by atoms with Crippen LogP contribution in [-0.4, -0.2) is 24.1 Å². The van der Waals surface area contributed by atoms with E-state index < -0.39 is 6.10 Å². The molecule has 3 unspecified atom stereocenters. The molecule has 0 saturated carbocycles. The maximum absolute atomic E-state index is 12.2. The van der Waals surface area contributed by atoms with Gasteiger partial charge in [-0.2, -0.15) is 0 Å². The second kappa shape index (κ2) is 11.2. The van der Waals surface area contributed by atoms with Gasteiger partial charge < -0.3 is 9.84 Å². The summed E-state index contributed by atoms with van der Waals surface area (Å²) in [5.74, 6) is -0.0108. The highest BCUT2D eigenvalue weighted by atomic mass is 16.5. The third kappa shape index (κ3) is 7.33. The molecule has 0 radical (unpaired) electrons. The molecule has 3 atom stereocenters. The maximum Gasteiger partial charge on any atom is 0.200 e. The molecule has 0 aliphatic heterocycles. The van der Waals surface area contributed by atoms with Crippen molar-refractivity contribution in [2.45, 2.75) is 72.8 Å². The number of methoxy groups -OCH3 is 1. The van der Waals surface area contributed by atoms with Crippen LogP contribution in [0.3, 0.4) is 0 Å². The highest BCUT2D eigenvalue weighted by Gasteiger charge is 2.35. The Morgan fingerprint density at radius 2 is 1.65 bits per heavy atom. The summed E-state index contributed by atoms with van der Waals surface area (Å²) < 4.78 is 5.06. The van der Waals surface area contributed by atoms with Crippen molar-refractivity contribution >= 4 is 5.78 Å². The number of hydrogen-bond donors (Lipinski definition) is 1. The van der Waals surface area contributed by atoms with Crippen LogP contribution < -0.4 is 0 Å². The number of carbonyl (C=O) groups excluding carboxylic acids is 1. The summed E-state index contributed by atoms with van der Waals surface area (Å²) >= 11 is 0. The van der Waals surface area contributed by atoms with Gasteiger partial charge in [-0.3, -0.25) is 4.79 Å². The molecule has 1 aliphatic rings. The van der Waals surface area contributed by atoms with Crippen LogP contribution in [0.25, 0.3) is 0 Å². The van der Waals surface area contributed by atoms with Crippen LogP contribution >= 0.6 is 0 Å². The lowest BCUT2D eigenvalue weighted by Crippen LogP contribution is -2.36. The van der Waals surface area contributed by atoms with Crippen molar-refractivity contribution in [3.05, 3.63) is 46.8 Å². The summed E-state index contributed by atoms with van der Waals surface area (Å²) in [7, 11) is 1.47. The summed E-state index contributed by atoms with van der Waals surface area (Å²) in [5.41, 5.74) is 4.13. The molecule has 0 fully saturated rings. The number of carbonyl (C=O) groups is 1. The minimum atomic E-state index is -0.626. The smallest absolute Gasteiger partial charge is 0.200 e. The van der Waals surface area contributed by atoms with E-state index in [0.717, 1.165) is 32.1 Å². The number of rotatable bonds is 9. The highest BCUT2D eigenvalue weighted by Crippen LogP contribution is 2.30. The van der Waals surface area contributed by atoms with Crippen molar-refractivity contribution in [1.82, 2.24) is 0 Å². The fraction of sp³-hybridized carbons (Fsp3) is 0.609. The lowest BCUT2D eigenvalue weighted by Gasteiger charge is -2.30. The molecule has 0 heterocycles. The zero-order chi connectivity index (χ0) is 19.7. The van der Waals surface area contributed by atoms with Gasteiger partial charge in [0.2, 0.25) is 0 Å². The Morgan fingerprint density at radius 3 is 2.23 bits per heavy atom. The summed E-state index contributed by atoms with van der Waals surface area (Å²) in [4.78, 5) is 12.2. The molecule has 1 aliphatic carbocycles. The van der Waals surface area contributed by atoms with E-state index in [4.69, 9.17) is 4.74 Å². The highest BCUT2D eigenvalue weighted by molar-refractivity contribution is 5.96. The van der Waals surface area contributed by atoms with Gasteiger partial charge >= 0.3 is 0 Å². The first-order valence-electron chi connectivity index (χ1n) is 9.69. The fourth-order valence-electron chi connectivity index (χ4n) is 3.26. The first kappa shape index (κ1) is 22.4. The lowest BCUT2D eigenvalue weighted by molar-refractivity contribution is -0.126. The molecule has 26 heavy (non-hydrogen) atoms. The molecule has 0 bridgehead atoms.